The molecule has 0 saturated heterocycles. The second-order valence-corrected chi connectivity index (χ2v) is 4.54. The highest BCUT2D eigenvalue weighted by Gasteiger charge is 2.16. The van der Waals surface area contributed by atoms with Crippen molar-refractivity contribution >= 4 is 11.9 Å². The molecule has 0 fully saturated rings. The van der Waals surface area contributed by atoms with Crippen LogP contribution in [0.5, 0.6) is 0 Å². The van der Waals surface area contributed by atoms with Crippen molar-refractivity contribution in [2.24, 2.45) is 0 Å². The fourth-order valence-electron chi connectivity index (χ4n) is 2.53. The molecule has 0 bridgehead atoms. The normalized spacial score (nSPS) is 10.4. The molecule has 98 valence electrons. The van der Waals surface area contributed by atoms with E-state index < -0.39 is 0 Å². The van der Waals surface area contributed by atoms with Crippen LogP contribution in [0, 0.1) is 0 Å². The number of H-pyrrole nitrogens is 1. The van der Waals surface area contributed by atoms with Gasteiger partial charge in [0.25, 0.3) is 0 Å². The number of aldehydes is 1. The largest absolute Gasteiger partial charge is 0.352 e. The molecule has 2 heteroatoms. The molecule has 0 radical (unpaired) electrons. The molecule has 0 amide bonds. The number of aromatic amines is 1. The van der Waals surface area contributed by atoms with Crippen LogP contribution in [-0.2, 0) is 12.8 Å². The van der Waals surface area contributed by atoms with Gasteiger partial charge in [0.1, 0.15) is 0 Å². The van der Waals surface area contributed by atoms with Crippen molar-refractivity contribution in [2.75, 3.05) is 0 Å². The first kappa shape index (κ1) is 13.3. The molecular formula is C17H19NO. The van der Waals surface area contributed by atoms with Crippen LogP contribution in [0.2, 0.25) is 0 Å². The van der Waals surface area contributed by atoms with Crippen molar-refractivity contribution < 1.29 is 4.79 Å². The van der Waals surface area contributed by atoms with Crippen molar-refractivity contribution in [3.8, 4) is 0 Å². The van der Waals surface area contributed by atoms with Gasteiger partial charge < -0.3 is 4.98 Å². The predicted octanol–water partition coefficient (Wildman–Crippen LogP) is 4.01. The smallest absolute Gasteiger partial charge is 0.166 e. The summed E-state index contributed by atoms with van der Waals surface area (Å²) in [6.45, 7) is 8.36. The quantitative estimate of drug-likeness (QED) is 0.802. The Balaban J connectivity index is 2.54. The van der Waals surface area contributed by atoms with Gasteiger partial charge in [-0.2, -0.15) is 0 Å². The summed E-state index contributed by atoms with van der Waals surface area (Å²) in [5, 5.41) is 0. The standard InChI is InChI=1S/C17H19NO/c1-4-14-15(5-2)17(18-16(14)11-19)12(3)13-9-7-6-8-10-13/h6-11,18H,3-5H2,1-2H3. The van der Waals surface area contributed by atoms with E-state index in [2.05, 4.69) is 25.4 Å². The highest BCUT2D eigenvalue weighted by atomic mass is 16.1. The molecule has 2 rings (SSSR count). The van der Waals surface area contributed by atoms with Crippen LogP contribution in [-0.4, -0.2) is 11.3 Å². The van der Waals surface area contributed by atoms with Crippen LogP contribution in [0.3, 0.4) is 0 Å². The van der Waals surface area contributed by atoms with E-state index in [1.165, 1.54) is 5.56 Å². The second-order valence-electron chi connectivity index (χ2n) is 4.54. The zero-order valence-corrected chi connectivity index (χ0v) is 11.5. The number of carbonyl (C=O) groups is 1. The molecule has 1 aromatic carbocycles. The first-order chi connectivity index (χ1) is 9.22. The number of carbonyl (C=O) groups excluding carboxylic acids is 1. The molecule has 2 aromatic rings. The molecule has 0 aliphatic rings. The number of hydrogen-bond donors (Lipinski definition) is 1. The summed E-state index contributed by atoms with van der Waals surface area (Å²) in [6.07, 6.45) is 2.66. The molecule has 1 heterocycles. The average Bonchev–Trinajstić information content (AvgIpc) is 2.84. The Labute approximate surface area is 114 Å². The third-order valence-electron chi connectivity index (χ3n) is 3.50. The Morgan fingerprint density at radius 2 is 1.79 bits per heavy atom. The van der Waals surface area contributed by atoms with E-state index in [0.29, 0.717) is 5.69 Å². The summed E-state index contributed by atoms with van der Waals surface area (Å²) >= 11 is 0. The van der Waals surface area contributed by atoms with Crippen molar-refractivity contribution in [2.45, 2.75) is 26.7 Å². The van der Waals surface area contributed by atoms with Gasteiger partial charge in [0.05, 0.1) is 5.69 Å². The summed E-state index contributed by atoms with van der Waals surface area (Å²) in [5.74, 6) is 0. The van der Waals surface area contributed by atoms with E-state index in [4.69, 9.17) is 0 Å². The molecule has 0 spiro atoms. The minimum atomic E-state index is 0.687. The van der Waals surface area contributed by atoms with Gasteiger partial charge in [0.15, 0.2) is 6.29 Å². The van der Waals surface area contributed by atoms with Crippen molar-refractivity contribution in [3.05, 3.63) is 65.0 Å². The lowest BCUT2D eigenvalue weighted by molar-refractivity contribution is 0.111. The molecule has 2 nitrogen and oxygen atoms in total. The Morgan fingerprint density at radius 1 is 1.16 bits per heavy atom. The maximum Gasteiger partial charge on any atom is 0.166 e. The minimum Gasteiger partial charge on any atom is -0.352 e. The van der Waals surface area contributed by atoms with Crippen molar-refractivity contribution in [3.63, 3.8) is 0 Å². The van der Waals surface area contributed by atoms with Crippen molar-refractivity contribution in [1.29, 1.82) is 0 Å². The molecule has 0 aliphatic heterocycles. The van der Waals surface area contributed by atoms with Crippen molar-refractivity contribution in [1.82, 2.24) is 4.98 Å². The third kappa shape index (κ3) is 2.39. The number of benzene rings is 1. The van der Waals surface area contributed by atoms with Crippen LogP contribution in [0.4, 0.5) is 0 Å². The van der Waals surface area contributed by atoms with Crippen LogP contribution >= 0.6 is 0 Å². The lowest BCUT2D eigenvalue weighted by Gasteiger charge is -2.07. The van der Waals surface area contributed by atoms with Crippen LogP contribution < -0.4 is 0 Å². The Hall–Kier alpha value is -2.09. The Kier molecular flexibility index (Phi) is 4.00. The molecule has 19 heavy (non-hydrogen) atoms. The van der Waals surface area contributed by atoms with Gasteiger partial charge in [-0.1, -0.05) is 50.8 Å². The fraction of sp³-hybridized carbons (Fsp3) is 0.235. The van der Waals surface area contributed by atoms with E-state index >= 15 is 0 Å². The molecular weight excluding hydrogens is 234 g/mol. The topological polar surface area (TPSA) is 32.9 Å². The molecule has 0 atom stereocenters. The monoisotopic (exact) mass is 253 g/mol. The lowest BCUT2D eigenvalue weighted by Crippen LogP contribution is -1.93. The van der Waals surface area contributed by atoms with E-state index in [1.807, 2.05) is 30.3 Å². The van der Waals surface area contributed by atoms with Gasteiger partial charge in [-0.05, 0) is 35.1 Å². The SMILES string of the molecule is C=C(c1ccccc1)c1[nH]c(C=O)c(CC)c1CC. The molecule has 1 N–H and O–H groups in total. The van der Waals surface area contributed by atoms with Gasteiger partial charge in [0, 0.05) is 5.69 Å². The summed E-state index contributed by atoms with van der Waals surface area (Å²) in [6, 6.07) is 10.1. The number of hydrogen-bond acceptors (Lipinski definition) is 1. The van der Waals surface area contributed by atoms with E-state index in [1.54, 1.807) is 0 Å². The third-order valence-corrected chi connectivity index (χ3v) is 3.50. The van der Waals surface area contributed by atoms with Gasteiger partial charge in [-0.15, -0.1) is 0 Å². The first-order valence-corrected chi connectivity index (χ1v) is 6.66. The van der Waals surface area contributed by atoms with E-state index in [9.17, 15) is 4.79 Å². The number of aromatic nitrogens is 1. The Morgan fingerprint density at radius 3 is 2.32 bits per heavy atom. The highest BCUT2D eigenvalue weighted by Crippen LogP contribution is 2.28. The zero-order chi connectivity index (χ0) is 13.8. The van der Waals surface area contributed by atoms with Gasteiger partial charge in [-0.25, -0.2) is 0 Å². The average molecular weight is 253 g/mol. The van der Waals surface area contributed by atoms with Crippen LogP contribution in [0.15, 0.2) is 36.9 Å². The molecule has 0 saturated carbocycles. The number of rotatable bonds is 5. The first-order valence-electron chi connectivity index (χ1n) is 6.66. The predicted molar refractivity (Wildman–Crippen MR) is 79.5 cm³/mol. The zero-order valence-electron chi connectivity index (χ0n) is 11.5. The fourth-order valence-corrected chi connectivity index (χ4v) is 2.53. The second kappa shape index (κ2) is 5.70. The molecule has 1 aromatic heterocycles. The number of nitrogens with one attached hydrogen (secondary N) is 1. The summed E-state index contributed by atoms with van der Waals surface area (Å²) in [4.78, 5) is 14.4. The minimum absolute atomic E-state index is 0.687. The van der Waals surface area contributed by atoms with Gasteiger partial charge in [-0.3, -0.25) is 4.79 Å². The maximum atomic E-state index is 11.2. The van der Waals surface area contributed by atoms with Crippen LogP contribution in [0.25, 0.3) is 5.57 Å². The van der Waals surface area contributed by atoms with Gasteiger partial charge in [0.2, 0.25) is 0 Å². The molecule has 0 aliphatic carbocycles. The summed E-state index contributed by atoms with van der Waals surface area (Å²) in [5.41, 5.74) is 6.03. The molecule has 0 unspecified atom stereocenters. The lowest BCUT2D eigenvalue weighted by atomic mass is 9.97. The maximum absolute atomic E-state index is 11.2. The van der Waals surface area contributed by atoms with E-state index in [0.717, 1.165) is 41.5 Å². The van der Waals surface area contributed by atoms with Gasteiger partial charge >= 0.3 is 0 Å². The van der Waals surface area contributed by atoms with Crippen LogP contribution in [0.1, 0.15) is 46.7 Å². The van der Waals surface area contributed by atoms with E-state index in [-0.39, 0.29) is 0 Å². The Bertz CT molecular complexity index is 593. The summed E-state index contributed by atoms with van der Waals surface area (Å²) < 4.78 is 0. The summed E-state index contributed by atoms with van der Waals surface area (Å²) in [7, 11) is 0. The highest BCUT2D eigenvalue weighted by molar-refractivity contribution is 5.84.